The smallest absolute Gasteiger partial charge is 0.303 e. The molecule has 5 rings (SSSR count). The van der Waals surface area contributed by atoms with Crippen LogP contribution in [0.5, 0.6) is 0 Å². The molecule has 0 saturated heterocycles. The summed E-state index contributed by atoms with van der Waals surface area (Å²) in [4.78, 5) is 163. The molecular formula is C67H86N12O14. The van der Waals surface area contributed by atoms with Gasteiger partial charge in [0.1, 0.15) is 54.4 Å². The van der Waals surface area contributed by atoms with Gasteiger partial charge in [-0.1, -0.05) is 133 Å². The Morgan fingerprint density at radius 2 is 0.677 bits per heavy atom. The molecule has 0 heterocycles. The molecular weight excluding hydrogens is 1200 g/mol. The molecule has 17 N–H and O–H groups in total. The van der Waals surface area contributed by atoms with Crippen molar-refractivity contribution < 1.29 is 67.7 Å². The maximum atomic E-state index is 14.8. The number of nitrogens with two attached hydrogens (primary N) is 3. The number of primary amides is 1. The van der Waals surface area contributed by atoms with Gasteiger partial charge in [-0.2, -0.15) is 0 Å². The fourth-order valence-corrected chi connectivity index (χ4v) is 10.2. The topological polar surface area (TPSA) is 432 Å². The van der Waals surface area contributed by atoms with Gasteiger partial charge in [-0.05, 0) is 104 Å². The standard InChI is InChI=1S/C67H86N12O14/c1-41(71-64(90)53(37-43-18-6-3-7-19-43)77-63(89)52(31-33-58(83)84)75-66(92)55(39-45-22-10-5-11-23-45)78-61(87)50(72-42(2)80)26-14-16-34-68)60(86)76-56(40-46-28-29-47-24-12-13-25-48(47)36-46)67(93)74-51(27-15-17-35-69)62(88)79-54(38-44-20-8-4-9-21-44)65(91)73-49(59(70)85)30-32-57(81)82/h3-13,18-25,28-29,36,41,49-56H,14-17,26-27,30-35,37-40,68-69H2,1-2H3,(H2,70,85)(H,71,90)(H,72,80)(H,73,91)(H,74,93)(H,75,92)(H,76,86)(H,77,89)(H,78,87)(H,79,88)(H,81,82)(H,83,84)/t41-,49-,50-,51-,52-,53-,54-,55-,56-/m0/s1. The van der Waals surface area contributed by atoms with E-state index in [0.717, 1.165) is 10.8 Å². The van der Waals surface area contributed by atoms with E-state index in [-0.39, 0.29) is 51.5 Å². The molecule has 0 aliphatic heterocycles. The summed E-state index contributed by atoms with van der Waals surface area (Å²) in [5.41, 5.74) is 19.4. The molecule has 0 radical (unpaired) electrons. The summed E-state index contributed by atoms with van der Waals surface area (Å²) in [6.07, 6.45) is -0.519. The molecule has 0 aliphatic rings. The van der Waals surface area contributed by atoms with E-state index in [1.165, 1.54) is 13.8 Å². The van der Waals surface area contributed by atoms with E-state index >= 15 is 0 Å². The zero-order valence-electron chi connectivity index (χ0n) is 52.2. The normalized spacial score (nSPS) is 13.9. The second-order valence-electron chi connectivity index (χ2n) is 22.7. The number of rotatable bonds is 40. The number of benzene rings is 5. The summed E-state index contributed by atoms with van der Waals surface area (Å²) in [7, 11) is 0. The van der Waals surface area contributed by atoms with Gasteiger partial charge in [0.05, 0.1) is 0 Å². The zero-order valence-corrected chi connectivity index (χ0v) is 52.2. The Hall–Kier alpha value is -10.1. The fourth-order valence-electron chi connectivity index (χ4n) is 10.2. The predicted octanol–water partition coefficient (Wildman–Crippen LogP) is 0.986. The maximum absolute atomic E-state index is 14.8. The van der Waals surface area contributed by atoms with Gasteiger partial charge in [0, 0.05) is 45.4 Å². The van der Waals surface area contributed by atoms with Crippen LogP contribution in [0.4, 0.5) is 0 Å². The van der Waals surface area contributed by atoms with Crippen LogP contribution in [0.2, 0.25) is 0 Å². The van der Waals surface area contributed by atoms with E-state index in [2.05, 4.69) is 47.9 Å². The van der Waals surface area contributed by atoms with Crippen molar-refractivity contribution in [1.29, 1.82) is 0 Å². The molecule has 9 atom stereocenters. The quantitative estimate of drug-likeness (QED) is 0.0243. The summed E-state index contributed by atoms with van der Waals surface area (Å²) in [5.74, 6) is -11.0. The number of aliphatic carboxylic acids is 2. The number of carbonyl (C=O) groups is 12. The summed E-state index contributed by atoms with van der Waals surface area (Å²) in [5, 5.41) is 44.6. The van der Waals surface area contributed by atoms with Crippen LogP contribution in [0.3, 0.4) is 0 Å². The molecule has 5 aromatic carbocycles. The average Bonchev–Trinajstić information content (AvgIpc) is 1.18. The van der Waals surface area contributed by atoms with Crippen LogP contribution < -0.4 is 65.1 Å². The lowest BCUT2D eigenvalue weighted by molar-refractivity contribution is -0.139. The predicted molar refractivity (Wildman–Crippen MR) is 346 cm³/mol. The number of fused-ring (bicyclic) bond motifs is 1. The van der Waals surface area contributed by atoms with E-state index in [1.54, 1.807) is 97.1 Å². The zero-order chi connectivity index (χ0) is 67.8. The van der Waals surface area contributed by atoms with E-state index in [9.17, 15) is 67.7 Å². The van der Waals surface area contributed by atoms with E-state index in [0.29, 0.717) is 54.5 Å². The molecule has 0 bridgehead atoms. The Bertz CT molecular complexity index is 3340. The molecule has 5 aromatic rings. The number of carboxylic acid groups (broad SMARTS) is 2. The summed E-state index contributed by atoms with van der Waals surface area (Å²) >= 11 is 0. The van der Waals surface area contributed by atoms with Crippen LogP contribution in [0, 0.1) is 0 Å². The third-order valence-electron chi connectivity index (χ3n) is 15.2. The van der Waals surface area contributed by atoms with Crippen LogP contribution in [0.25, 0.3) is 10.8 Å². The second-order valence-corrected chi connectivity index (χ2v) is 22.7. The number of nitrogens with one attached hydrogen (secondary N) is 9. The van der Waals surface area contributed by atoms with Crippen molar-refractivity contribution in [3.05, 3.63) is 156 Å². The lowest BCUT2D eigenvalue weighted by Gasteiger charge is -2.28. The van der Waals surface area contributed by atoms with Crippen LogP contribution in [0.15, 0.2) is 133 Å². The molecule has 26 heteroatoms. The van der Waals surface area contributed by atoms with Crippen molar-refractivity contribution in [1.82, 2.24) is 47.9 Å². The fraction of sp³-hybridized carbons (Fsp3) is 0.403. The van der Waals surface area contributed by atoms with Gasteiger partial charge >= 0.3 is 11.9 Å². The molecule has 26 nitrogen and oxygen atoms in total. The van der Waals surface area contributed by atoms with Crippen LogP contribution >= 0.6 is 0 Å². The minimum absolute atomic E-state index is 0.00338. The van der Waals surface area contributed by atoms with Crippen molar-refractivity contribution in [3.8, 4) is 0 Å². The number of unbranched alkanes of at least 4 members (excludes halogenated alkanes) is 2. The molecule has 0 aliphatic carbocycles. The highest BCUT2D eigenvalue weighted by molar-refractivity contribution is 5.99. The van der Waals surface area contributed by atoms with Gasteiger partial charge in [-0.25, -0.2) is 0 Å². The van der Waals surface area contributed by atoms with Gasteiger partial charge in [0.15, 0.2) is 0 Å². The van der Waals surface area contributed by atoms with Gasteiger partial charge in [0.25, 0.3) is 0 Å². The number of hydrogen-bond donors (Lipinski definition) is 14. The number of carboxylic acids is 2. The molecule has 93 heavy (non-hydrogen) atoms. The van der Waals surface area contributed by atoms with E-state index in [4.69, 9.17) is 17.2 Å². The lowest BCUT2D eigenvalue weighted by atomic mass is 9.99. The molecule has 10 amide bonds. The summed E-state index contributed by atoms with van der Waals surface area (Å²) in [6.45, 7) is 3.13. The summed E-state index contributed by atoms with van der Waals surface area (Å²) in [6, 6.07) is 25.9. The molecule has 0 aromatic heterocycles. The third kappa shape index (κ3) is 26.0. The van der Waals surface area contributed by atoms with Gasteiger partial charge in [0.2, 0.25) is 59.1 Å². The number of amides is 10. The van der Waals surface area contributed by atoms with Gasteiger partial charge in [-0.15, -0.1) is 0 Å². The molecule has 498 valence electrons. The van der Waals surface area contributed by atoms with E-state index < -0.39 is 145 Å². The molecule has 0 unspecified atom stereocenters. The first kappa shape index (κ1) is 73.7. The Balaban J connectivity index is 1.42. The lowest BCUT2D eigenvalue weighted by Crippen LogP contribution is -2.60. The van der Waals surface area contributed by atoms with Crippen molar-refractivity contribution in [3.63, 3.8) is 0 Å². The van der Waals surface area contributed by atoms with Crippen LogP contribution in [-0.2, 0) is 83.2 Å². The van der Waals surface area contributed by atoms with Crippen LogP contribution in [0.1, 0.15) is 100 Å². The average molecular weight is 1280 g/mol. The third-order valence-corrected chi connectivity index (χ3v) is 15.2. The minimum atomic E-state index is -1.61. The van der Waals surface area contributed by atoms with Crippen molar-refractivity contribution >= 4 is 81.8 Å². The number of carbonyl (C=O) groups excluding carboxylic acids is 10. The molecule has 0 saturated carbocycles. The summed E-state index contributed by atoms with van der Waals surface area (Å²) < 4.78 is 0. The number of hydrogen-bond acceptors (Lipinski definition) is 14. The van der Waals surface area contributed by atoms with Crippen molar-refractivity contribution in [2.45, 2.75) is 158 Å². The van der Waals surface area contributed by atoms with Crippen molar-refractivity contribution in [2.75, 3.05) is 13.1 Å². The Morgan fingerprint density at radius 1 is 0.355 bits per heavy atom. The first-order valence-corrected chi connectivity index (χ1v) is 31.0. The van der Waals surface area contributed by atoms with Gasteiger partial charge < -0.3 is 75.3 Å². The Morgan fingerprint density at radius 3 is 1.08 bits per heavy atom. The highest BCUT2D eigenvalue weighted by Crippen LogP contribution is 2.18. The van der Waals surface area contributed by atoms with Crippen molar-refractivity contribution in [2.24, 2.45) is 17.2 Å². The second kappa shape index (κ2) is 38.6. The Kier molecular flexibility index (Phi) is 30.6. The van der Waals surface area contributed by atoms with Crippen LogP contribution in [-0.4, -0.2) is 149 Å². The maximum Gasteiger partial charge on any atom is 0.303 e. The SMILES string of the molecule is CC(=O)N[C@@H](CCCCN)C(=O)N[C@@H](Cc1ccccc1)C(=O)N[C@@H](CCC(=O)O)C(=O)N[C@@H](Cc1ccccc1)C(=O)N[C@@H](C)C(=O)N[C@@H](Cc1ccc2ccccc2c1)C(=O)N[C@@H](CCCCN)C(=O)N[C@@H](Cc1ccccc1)C(=O)N[C@@H](CCC(=O)O)C(N)=O. The molecule has 0 fully saturated rings. The largest absolute Gasteiger partial charge is 0.481 e. The highest BCUT2D eigenvalue weighted by Gasteiger charge is 2.35. The van der Waals surface area contributed by atoms with E-state index in [1.807, 2.05) is 36.4 Å². The first-order chi connectivity index (χ1) is 44.5. The van der Waals surface area contributed by atoms with Gasteiger partial charge in [-0.3, -0.25) is 57.5 Å². The molecule has 0 spiro atoms. The highest BCUT2D eigenvalue weighted by atomic mass is 16.4. The Labute approximate surface area is 539 Å². The first-order valence-electron chi connectivity index (χ1n) is 31.0. The monoisotopic (exact) mass is 1280 g/mol. The minimum Gasteiger partial charge on any atom is -0.481 e.